The zero-order chi connectivity index (χ0) is 23.9. The highest BCUT2D eigenvalue weighted by molar-refractivity contribution is 5.91. The molecule has 1 unspecified atom stereocenters. The highest BCUT2D eigenvalue weighted by atomic mass is 16.2. The van der Waals surface area contributed by atoms with Crippen LogP contribution in [0, 0.1) is 11.3 Å². The maximum absolute atomic E-state index is 13.8. The van der Waals surface area contributed by atoms with E-state index in [9.17, 15) is 9.59 Å². The molecule has 2 amide bonds. The van der Waals surface area contributed by atoms with E-state index >= 15 is 0 Å². The lowest BCUT2D eigenvalue weighted by Gasteiger charge is -2.38. The van der Waals surface area contributed by atoms with Gasteiger partial charge in [0.15, 0.2) is 0 Å². The average Bonchev–Trinajstić information content (AvgIpc) is 3.46. The summed E-state index contributed by atoms with van der Waals surface area (Å²) in [4.78, 5) is 31.5. The van der Waals surface area contributed by atoms with Gasteiger partial charge in [-0.2, -0.15) is 0 Å². The number of amides is 2. The molecule has 3 N–H and O–H groups in total. The first kappa shape index (κ1) is 22.3. The lowest BCUT2D eigenvalue weighted by Crippen LogP contribution is -2.50. The van der Waals surface area contributed by atoms with Gasteiger partial charge >= 0.3 is 0 Å². The van der Waals surface area contributed by atoms with Crippen molar-refractivity contribution in [1.82, 2.24) is 14.5 Å². The molecule has 2 aromatic heterocycles. The molecule has 0 spiro atoms. The highest BCUT2D eigenvalue weighted by Crippen LogP contribution is 2.35. The fourth-order valence-electron chi connectivity index (χ4n) is 5.35. The molecule has 4 aromatic rings. The van der Waals surface area contributed by atoms with Crippen LogP contribution in [-0.4, -0.2) is 39.4 Å². The van der Waals surface area contributed by atoms with Crippen molar-refractivity contribution in [3.63, 3.8) is 0 Å². The molecule has 5 rings (SSSR count). The number of primary amides is 1. The van der Waals surface area contributed by atoms with Gasteiger partial charge in [0.05, 0.1) is 11.3 Å². The van der Waals surface area contributed by atoms with Gasteiger partial charge in [-0.3, -0.25) is 9.59 Å². The number of likely N-dealkylation sites (tertiary alicyclic amines) is 1. The fraction of sp³-hybridized carbons (Fsp3) is 0.357. The topological polar surface area (TPSA) is 84.1 Å². The quantitative estimate of drug-likeness (QED) is 0.442. The highest BCUT2D eigenvalue weighted by Gasteiger charge is 2.42. The normalized spacial score (nSPS) is 16.2. The van der Waals surface area contributed by atoms with Crippen LogP contribution in [0.4, 0.5) is 0 Å². The molecular formula is C28H32N4O2. The number of aromatic amines is 1. The minimum Gasteiger partial charge on any atom is -0.369 e. The SMILES string of the molecule is CC(C)(C(N)=O)C(Cc1c[nH]c2ccccc12)C(=O)N1CCC(n2ccc3ccccc32)CC1. The van der Waals surface area contributed by atoms with Gasteiger partial charge in [-0.25, -0.2) is 0 Å². The van der Waals surface area contributed by atoms with Crippen LogP contribution in [0.5, 0.6) is 0 Å². The van der Waals surface area contributed by atoms with Gasteiger partial charge in [-0.05, 0) is 48.4 Å². The number of benzene rings is 2. The molecule has 0 aliphatic carbocycles. The number of hydrogen-bond acceptors (Lipinski definition) is 2. The van der Waals surface area contributed by atoms with Crippen molar-refractivity contribution in [3.05, 3.63) is 72.6 Å². The Morgan fingerprint density at radius 1 is 1.06 bits per heavy atom. The Balaban J connectivity index is 1.36. The van der Waals surface area contributed by atoms with E-state index in [0.717, 1.165) is 29.3 Å². The van der Waals surface area contributed by atoms with Crippen LogP contribution >= 0.6 is 0 Å². The molecular weight excluding hydrogens is 424 g/mol. The number of nitrogens with zero attached hydrogens (tertiary/aromatic N) is 2. The summed E-state index contributed by atoms with van der Waals surface area (Å²) in [5.41, 5.74) is 8.15. The Hall–Kier alpha value is -3.54. The van der Waals surface area contributed by atoms with Crippen LogP contribution in [-0.2, 0) is 16.0 Å². The van der Waals surface area contributed by atoms with E-state index in [-0.39, 0.29) is 5.91 Å². The number of rotatable bonds is 6. The summed E-state index contributed by atoms with van der Waals surface area (Å²) >= 11 is 0. The number of piperidine rings is 1. The largest absolute Gasteiger partial charge is 0.369 e. The molecule has 1 atom stereocenters. The van der Waals surface area contributed by atoms with Crippen LogP contribution in [0.2, 0.25) is 0 Å². The molecule has 0 radical (unpaired) electrons. The van der Waals surface area contributed by atoms with Crippen molar-refractivity contribution in [2.75, 3.05) is 13.1 Å². The van der Waals surface area contributed by atoms with Crippen molar-refractivity contribution in [2.24, 2.45) is 17.1 Å². The molecule has 1 aliphatic heterocycles. The Bertz CT molecular complexity index is 1340. The van der Waals surface area contributed by atoms with Crippen LogP contribution in [0.1, 0.15) is 38.3 Å². The third-order valence-corrected chi connectivity index (χ3v) is 7.70. The van der Waals surface area contributed by atoms with Crippen molar-refractivity contribution >= 4 is 33.6 Å². The second kappa shape index (κ2) is 8.67. The van der Waals surface area contributed by atoms with Crippen LogP contribution in [0.25, 0.3) is 21.8 Å². The zero-order valence-corrected chi connectivity index (χ0v) is 19.8. The van der Waals surface area contributed by atoms with Crippen molar-refractivity contribution in [1.29, 1.82) is 0 Å². The molecule has 0 bridgehead atoms. The molecule has 3 heterocycles. The van der Waals surface area contributed by atoms with Crippen molar-refractivity contribution in [2.45, 2.75) is 39.2 Å². The second-order valence-corrected chi connectivity index (χ2v) is 10.0. The Kier molecular flexibility index (Phi) is 5.68. The average molecular weight is 457 g/mol. The molecule has 2 aromatic carbocycles. The summed E-state index contributed by atoms with van der Waals surface area (Å²) in [6.07, 6.45) is 6.36. The van der Waals surface area contributed by atoms with Crippen LogP contribution in [0.15, 0.2) is 67.0 Å². The summed E-state index contributed by atoms with van der Waals surface area (Å²) in [7, 11) is 0. The van der Waals surface area contributed by atoms with Gasteiger partial charge in [-0.1, -0.05) is 50.2 Å². The summed E-state index contributed by atoms with van der Waals surface area (Å²) in [5.74, 6) is -0.947. The maximum Gasteiger partial charge on any atom is 0.227 e. The number of carbonyl (C=O) groups is 2. The third kappa shape index (κ3) is 3.87. The van der Waals surface area contributed by atoms with E-state index in [1.54, 1.807) is 13.8 Å². The molecule has 6 nitrogen and oxygen atoms in total. The van der Waals surface area contributed by atoms with E-state index in [1.165, 1.54) is 10.9 Å². The number of nitrogens with one attached hydrogen (secondary N) is 1. The number of nitrogens with two attached hydrogens (primary N) is 1. The monoisotopic (exact) mass is 456 g/mol. The standard InChI is InChI=1S/C28H32N4O2/c1-28(2,27(29)34)23(17-20-18-30-24-9-5-4-8-22(20)24)26(33)31-14-12-21(13-15-31)32-16-11-19-7-3-6-10-25(19)32/h3-11,16,18,21,23,30H,12-15,17H2,1-2H3,(H2,29,34). The molecule has 34 heavy (non-hydrogen) atoms. The molecule has 1 fully saturated rings. The van der Waals surface area contributed by atoms with Gasteiger partial charge in [0.1, 0.15) is 0 Å². The first-order chi connectivity index (χ1) is 16.4. The Morgan fingerprint density at radius 3 is 2.53 bits per heavy atom. The summed E-state index contributed by atoms with van der Waals surface area (Å²) in [5, 5.41) is 2.32. The zero-order valence-electron chi connectivity index (χ0n) is 19.8. The van der Waals surface area contributed by atoms with E-state index in [4.69, 9.17) is 5.73 Å². The first-order valence-electron chi connectivity index (χ1n) is 12.1. The first-order valence-corrected chi connectivity index (χ1v) is 12.1. The lowest BCUT2D eigenvalue weighted by molar-refractivity contribution is -0.146. The van der Waals surface area contributed by atoms with Gasteiger partial charge < -0.3 is 20.2 Å². The molecule has 1 aliphatic rings. The fourth-order valence-corrected chi connectivity index (χ4v) is 5.35. The number of hydrogen-bond donors (Lipinski definition) is 2. The van der Waals surface area contributed by atoms with E-state index in [1.807, 2.05) is 35.4 Å². The Morgan fingerprint density at radius 2 is 1.76 bits per heavy atom. The third-order valence-electron chi connectivity index (χ3n) is 7.70. The van der Waals surface area contributed by atoms with Gasteiger partial charge in [0, 0.05) is 47.9 Å². The van der Waals surface area contributed by atoms with Crippen LogP contribution in [0.3, 0.4) is 0 Å². The number of carbonyl (C=O) groups excluding carboxylic acids is 2. The van der Waals surface area contributed by atoms with E-state index in [2.05, 4.69) is 46.1 Å². The number of para-hydroxylation sites is 2. The summed E-state index contributed by atoms with van der Waals surface area (Å²) < 4.78 is 2.34. The smallest absolute Gasteiger partial charge is 0.227 e. The summed E-state index contributed by atoms with van der Waals surface area (Å²) in [6, 6.07) is 19.0. The minimum atomic E-state index is -0.955. The van der Waals surface area contributed by atoms with E-state index < -0.39 is 17.2 Å². The predicted molar refractivity (Wildman–Crippen MR) is 135 cm³/mol. The number of H-pyrrole nitrogens is 1. The molecule has 6 heteroatoms. The number of aromatic nitrogens is 2. The Labute approximate surface area is 199 Å². The maximum atomic E-state index is 13.8. The minimum absolute atomic E-state index is 0.0184. The van der Waals surface area contributed by atoms with Gasteiger partial charge in [0.2, 0.25) is 11.8 Å². The lowest BCUT2D eigenvalue weighted by atomic mass is 9.74. The van der Waals surface area contributed by atoms with Gasteiger partial charge in [-0.15, -0.1) is 0 Å². The van der Waals surface area contributed by atoms with Crippen molar-refractivity contribution < 1.29 is 9.59 Å². The van der Waals surface area contributed by atoms with Crippen LogP contribution < -0.4 is 5.73 Å². The molecule has 176 valence electrons. The second-order valence-electron chi connectivity index (χ2n) is 10.0. The molecule has 1 saturated heterocycles. The predicted octanol–water partition coefficient (Wildman–Crippen LogP) is 4.66. The number of fused-ring (bicyclic) bond motifs is 2. The van der Waals surface area contributed by atoms with Gasteiger partial charge in [0.25, 0.3) is 0 Å². The summed E-state index contributed by atoms with van der Waals surface area (Å²) in [6.45, 7) is 4.95. The molecule has 0 saturated carbocycles. The van der Waals surface area contributed by atoms with Crippen molar-refractivity contribution in [3.8, 4) is 0 Å². The van der Waals surface area contributed by atoms with E-state index in [0.29, 0.717) is 25.6 Å².